The first-order chi connectivity index (χ1) is 15.8. The van der Waals surface area contributed by atoms with E-state index in [2.05, 4.69) is 5.32 Å². The van der Waals surface area contributed by atoms with Crippen LogP contribution in [0.15, 0.2) is 82.5 Å². The first-order valence-electron chi connectivity index (χ1n) is 10.2. The Morgan fingerprint density at radius 1 is 1.00 bits per heavy atom. The molecule has 5 nitrogen and oxygen atoms in total. The van der Waals surface area contributed by atoms with Gasteiger partial charge in [0.05, 0.1) is 16.4 Å². The van der Waals surface area contributed by atoms with Gasteiger partial charge in [-0.1, -0.05) is 53.5 Å². The summed E-state index contributed by atoms with van der Waals surface area (Å²) in [6.45, 7) is 1.80. The van der Waals surface area contributed by atoms with Crippen LogP contribution < -0.4 is 10.9 Å². The number of benzene rings is 3. The summed E-state index contributed by atoms with van der Waals surface area (Å²) in [6, 6.07) is 21.9. The molecule has 0 radical (unpaired) electrons. The lowest BCUT2D eigenvalue weighted by atomic mass is 10.1. The number of nitrogens with zero attached hydrogens (tertiary/aromatic N) is 2. The molecule has 4 rings (SSSR count). The largest absolute Gasteiger partial charge is 0.316 e. The van der Waals surface area contributed by atoms with Crippen LogP contribution in [0.2, 0.25) is 10.0 Å². The van der Waals surface area contributed by atoms with E-state index in [0.717, 1.165) is 16.1 Å². The molecule has 1 amide bonds. The van der Waals surface area contributed by atoms with Gasteiger partial charge >= 0.3 is 0 Å². The van der Waals surface area contributed by atoms with Gasteiger partial charge in [0.25, 0.3) is 11.5 Å². The predicted octanol–water partition coefficient (Wildman–Crippen LogP) is 6.34. The Kier molecular flexibility index (Phi) is 6.98. The molecule has 0 saturated heterocycles. The normalized spacial score (nSPS) is 10.9. The van der Waals surface area contributed by atoms with Gasteiger partial charge < -0.3 is 5.32 Å². The van der Waals surface area contributed by atoms with E-state index >= 15 is 0 Å². The third-order valence-electron chi connectivity index (χ3n) is 5.27. The SMILES string of the molecule is Cc1c(NC(=O)c2cccc(CSc3cc(Cl)ccc3Cl)c2)c(=O)n(-c2ccccc2)n1C. The Morgan fingerprint density at radius 3 is 2.52 bits per heavy atom. The van der Waals surface area contributed by atoms with Gasteiger partial charge in [-0.15, -0.1) is 11.8 Å². The first-order valence-corrected chi connectivity index (χ1v) is 11.9. The van der Waals surface area contributed by atoms with E-state index in [1.807, 2.05) is 54.6 Å². The molecule has 0 atom stereocenters. The number of hydrogen-bond donors (Lipinski definition) is 1. The highest BCUT2D eigenvalue weighted by atomic mass is 35.5. The summed E-state index contributed by atoms with van der Waals surface area (Å²) >= 11 is 13.9. The van der Waals surface area contributed by atoms with Crippen molar-refractivity contribution in [1.82, 2.24) is 9.36 Å². The third kappa shape index (κ3) is 5.03. The van der Waals surface area contributed by atoms with Gasteiger partial charge in [0.1, 0.15) is 5.69 Å². The predicted molar refractivity (Wildman–Crippen MR) is 136 cm³/mol. The Bertz CT molecular complexity index is 1380. The van der Waals surface area contributed by atoms with Crippen LogP contribution in [0, 0.1) is 6.92 Å². The second-order valence-electron chi connectivity index (χ2n) is 7.45. The maximum Gasteiger partial charge on any atom is 0.295 e. The zero-order valence-corrected chi connectivity index (χ0v) is 20.3. The summed E-state index contributed by atoms with van der Waals surface area (Å²) in [6.07, 6.45) is 0. The highest BCUT2D eigenvalue weighted by molar-refractivity contribution is 7.98. The molecule has 168 valence electrons. The Morgan fingerprint density at radius 2 is 1.76 bits per heavy atom. The van der Waals surface area contributed by atoms with Crippen LogP contribution in [0.5, 0.6) is 0 Å². The average molecular weight is 498 g/mol. The first kappa shape index (κ1) is 23.2. The monoisotopic (exact) mass is 497 g/mol. The highest BCUT2D eigenvalue weighted by Gasteiger charge is 2.19. The molecule has 1 N–H and O–H groups in total. The molecule has 0 aliphatic carbocycles. The molecule has 8 heteroatoms. The number of hydrogen-bond acceptors (Lipinski definition) is 3. The third-order valence-corrected chi connectivity index (χ3v) is 7.07. The summed E-state index contributed by atoms with van der Waals surface area (Å²) in [5.74, 6) is 0.278. The van der Waals surface area contributed by atoms with Crippen LogP contribution in [0.3, 0.4) is 0 Å². The quantitative estimate of drug-likeness (QED) is 0.316. The number of anilines is 1. The number of aromatic nitrogens is 2. The van der Waals surface area contributed by atoms with E-state index in [-0.39, 0.29) is 17.2 Å². The Hall–Kier alpha value is -2.93. The molecule has 0 aliphatic heterocycles. The van der Waals surface area contributed by atoms with Crippen LogP contribution >= 0.6 is 35.0 Å². The van der Waals surface area contributed by atoms with Crippen molar-refractivity contribution in [3.05, 3.63) is 110 Å². The van der Waals surface area contributed by atoms with Gasteiger partial charge in [0.15, 0.2) is 0 Å². The number of rotatable bonds is 6. The molecule has 33 heavy (non-hydrogen) atoms. The van der Waals surface area contributed by atoms with E-state index in [1.54, 1.807) is 48.6 Å². The van der Waals surface area contributed by atoms with Crippen molar-refractivity contribution in [2.45, 2.75) is 17.6 Å². The smallest absolute Gasteiger partial charge is 0.295 e. The van der Waals surface area contributed by atoms with Gasteiger partial charge in [-0.05, 0) is 55.0 Å². The molecule has 0 aliphatic rings. The van der Waals surface area contributed by atoms with Crippen LogP contribution in [0.4, 0.5) is 5.69 Å². The standard InChI is InChI=1S/C25H21Cl2N3O2S/c1-16-23(25(32)30(29(16)2)20-9-4-3-5-10-20)28-24(31)18-8-6-7-17(13-18)15-33-22-14-19(26)11-12-21(22)27/h3-14H,15H2,1-2H3,(H,28,31). The molecule has 0 bridgehead atoms. The second kappa shape index (κ2) is 9.91. The van der Waals surface area contributed by atoms with Crippen LogP contribution in [0.1, 0.15) is 21.6 Å². The van der Waals surface area contributed by atoms with Crippen LogP contribution in [0.25, 0.3) is 5.69 Å². The maximum absolute atomic E-state index is 13.1. The zero-order chi connectivity index (χ0) is 23.5. The summed E-state index contributed by atoms with van der Waals surface area (Å²) in [7, 11) is 1.79. The number of halogens is 2. The molecular weight excluding hydrogens is 477 g/mol. The Balaban J connectivity index is 1.54. The van der Waals surface area contributed by atoms with Crippen LogP contribution in [-0.2, 0) is 12.8 Å². The number of thioether (sulfide) groups is 1. The molecule has 1 aromatic heterocycles. The van der Waals surface area contributed by atoms with Crippen molar-refractivity contribution in [3.63, 3.8) is 0 Å². The topological polar surface area (TPSA) is 56.0 Å². The van der Waals surface area contributed by atoms with Gasteiger partial charge in [0.2, 0.25) is 0 Å². The molecule has 4 aromatic rings. The molecular formula is C25H21Cl2N3O2S. The van der Waals surface area contributed by atoms with E-state index in [1.165, 1.54) is 4.68 Å². The maximum atomic E-state index is 13.1. The van der Waals surface area contributed by atoms with Crippen LogP contribution in [-0.4, -0.2) is 15.3 Å². The number of carbonyl (C=O) groups excluding carboxylic acids is 1. The molecule has 0 fully saturated rings. The summed E-state index contributed by atoms with van der Waals surface area (Å²) in [5, 5.41) is 4.06. The summed E-state index contributed by atoms with van der Waals surface area (Å²) in [4.78, 5) is 26.9. The number of carbonyl (C=O) groups is 1. The van der Waals surface area contributed by atoms with Crippen molar-refractivity contribution < 1.29 is 4.79 Å². The van der Waals surface area contributed by atoms with Crippen molar-refractivity contribution in [2.75, 3.05) is 5.32 Å². The highest BCUT2D eigenvalue weighted by Crippen LogP contribution is 2.32. The van der Waals surface area contributed by atoms with Crippen molar-refractivity contribution in [1.29, 1.82) is 0 Å². The van der Waals surface area contributed by atoms with Gasteiger partial charge in [0, 0.05) is 28.3 Å². The van der Waals surface area contributed by atoms with E-state index in [4.69, 9.17) is 23.2 Å². The van der Waals surface area contributed by atoms with Gasteiger partial charge in [-0.25, -0.2) is 4.68 Å². The Labute approximate surface area is 205 Å². The minimum Gasteiger partial charge on any atom is -0.316 e. The van der Waals surface area contributed by atoms with Crippen molar-refractivity contribution >= 4 is 46.6 Å². The molecule has 0 unspecified atom stereocenters. The number of amides is 1. The van der Waals surface area contributed by atoms with E-state index < -0.39 is 0 Å². The fraction of sp³-hybridized carbons (Fsp3) is 0.120. The molecule has 0 spiro atoms. The van der Waals surface area contributed by atoms with Gasteiger partial charge in [-0.3, -0.25) is 14.3 Å². The molecule has 0 saturated carbocycles. The lowest BCUT2D eigenvalue weighted by Crippen LogP contribution is -2.23. The minimum atomic E-state index is -0.339. The van der Waals surface area contributed by atoms with Crippen molar-refractivity contribution in [3.8, 4) is 5.69 Å². The molecule has 3 aromatic carbocycles. The molecule has 1 heterocycles. The summed E-state index contributed by atoms with van der Waals surface area (Å²) < 4.78 is 3.27. The zero-order valence-electron chi connectivity index (χ0n) is 18.0. The number of nitrogens with one attached hydrogen (secondary N) is 1. The lowest BCUT2D eigenvalue weighted by molar-refractivity contribution is 0.102. The minimum absolute atomic E-state index is 0.261. The van der Waals surface area contributed by atoms with E-state index in [0.29, 0.717) is 27.1 Å². The second-order valence-corrected chi connectivity index (χ2v) is 9.32. The fourth-order valence-electron chi connectivity index (χ4n) is 3.45. The summed E-state index contributed by atoms with van der Waals surface area (Å²) in [5.41, 5.74) is 2.80. The fourth-order valence-corrected chi connectivity index (χ4v) is 4.89. The lowest BCUT2D eigenvalue weighted by Gasteiger charge is -2.08. The average Bonchev–Trinajstić information content (AvgIpc) is 3.03. The van der Waals surface area contributed by atoms with E-state index in [9.17, 15) is 9.59 Å². The number of para-hydroxylation sites is 1. The van der Waals surface area contributed by atoms with Gasteiger partial charge in [-0.2, -0.15) is 0 Å². The van der Waals surface area contributed by atoms with Crippen molar-refractivity contribution in [2.24, 2.45) is 7.05 Å².